The van der Waals surface area contributed by atoms with Crippen LogP contribution in [0, 0.1) is 12.8 Å². The molecule has 0 aliphatic heterocycles. The van der Waals surface area contributed by atoms with E-state index in [1.807, 2.05) is 19.1 Å². The molecule has 1 saturated carbocycles. The summed E-state index contributed by atoms with van der Waals surface area (Å²) >= 11 is 4.25. The van der Waals surface area contributed by atoms with Gasteiger partial charge in [-0.1, -0.05) is 12.5 Å². The third-order valence-electron chi connectivity index (χ3n) is 3.61. The molecule has 2 rings (SSSR count). The maximum atomic E-state index is 12.1. The van der Waals surface area contributed by atoms with Crippen molar-refractivity contribution < 1.29 is 9.90 Å². The highest BCUT2D eigenvalue weighted by Gasteiger charge is 2.25. The molecule has 1 aliphatic carbocycles. The summed E-state index contributed by atoms with van der Waals surface area (Å²) in [6, 6.07) is 5.54. The number of hydrogen-bond donors (Lipinski definition) is 3. The van der Waals surface area contributed by atoms with E-state index in [-0.39, 0.29) is 17.9 Å². The minimum Gasteiger partial charge on any atom is -0.393 e. The maximum Gasteiger partial charge on any atom is 0.251 e. The van der Waals surface area contributed by atoms with E-state index in [0.717, 1.165) is 29.7 Å². The highest BCUT2D eigenvalue weighted by molar-refractivity contribution is 7.80. The van der Waals surface area contributed by atoms with Crippen LogP contribution in [0.15, 0.2) is 23.1 Å². The highest BCUT2D eigenvalue weighted by atomic mass is 32.1. The quantitative estimate of drug-likeness (QED) is 0.734. The van der Waals surface area contributed by atoms with Gasteiger partial charge in [-0.3, -0.25) is 4.79 Å². The Morgan fingerprint density at radius 1 is 1.50 bits per heavy atom. The second-order valence-electron chi connectivity index (χ2n) is 4.97. The fourth-order valence-corrected chi connectivity index (χ4v) is 2.63. The number of benzene rings is 1. The number of carbonyl (C=O) groups excluding carboxylic acids is 1. The predicted octanol–water partition coefficient (Wildman–Crippen LogP) is 2.17. The zero-order valence-corrected chi connectivity index (χ0v) is 11.4. The van der Waals surface area contributed by atoms with Crippen LogP contribution in [-0.2, 0) is 0 Å². The molecule has 1 fully saturated rings. The molecule has 2 unspecified atom stereocenters. The van der Waals surface area contributed by atoms with E-state index < -0.39 is 0 Å². The molecule has 0 radical (unpaired) electrons. The van der Waals surface area contributed by atoms with Gasteiger partial charge in [0.15, 0.2) is 0 Å². The third kappa shape index (κ3) is 3.06. The van der Waals surface area contributed by atoms with Gasteiger partial charge in [-0.2, -0.15) is 0 Å². The third-order valence-corrected chi connectivity index (χ3v) is 3.89. The van der Waals surface area contributed by atoms with Crippen LogP contribution in [0.1, 0.15) is 35.2 Å². The molecular weight excluding hydrogens is 246 g/mol. The summed E-state index contributed by atoms with van der Waals surface area (Å²) in [5.41, 5.74) is 1.60. The second kappa shape index (κ2) is 5.76. The molecule has 2 N–H and O–H groups in total. The highest BCUT2D eigenvalue weighted by Crippen LogP contribution is 2.24. The molecule has 0 heterocycles. The van der Waals surface area contributed by atoms with E-state index in [1.165, 1.54) is 0 Å². The molecule has 0 bridgehead atoms. The van der Waals surface area contributed by atoms with Crippen LogP contribution in [0.4, 0.5) is 0 Å². The van der Waals surface area contributed by atoms with Gasteiger partial charge in [0.25, 0.3) is 5.91 Å². The Hall–Kier alpha value is -1.00. The van der Waals surface area contributed by atoms with Crippen molar-refractivity contribution in [2.24, 2.45) is 5.92 Å². The Balaban J connectivity index is 1.97. The molecule has 1 aromatic rings. The van der Waals surface area contributed by atoms with Gasteiger partial charge in [-0.15, -0.1) is 12.6 Å². The molecule has 1 aliphatic rings. The molecule has 0 aromatic heterocycles. The summed E-state index contributed by atoms with van der Waals surface area (Å²) in [4.78, 5) is 12.8. The Labute approximate surface area is 113 Å². The average Bonchev–Trinajstić information content (AvgIpc) is 2.75. The SMILES string of the molecule is Cc1ccc(S)cc1C(=O)NCC1CCCC1O. The monoisotopic (exact) mass is 265 g/mol. The first-order valence-electron chi connectivity index (χ1n) is 6.34. The number of aliphatic hydroxyl groups excluding tert-OH is 1. The minimum absolute atomic E-state index is 0.0810. The fraction of sp³-hybridized carbons (Fsp3) is 0.500. The molecule has 2 atom stereocenters. The molecule has 18 heavy (non-hydrogen) atoms. The van der Waals surface area contributed by atoms with Crippen molar-refractivity contribution in [1.82, 2.24) is 5.32 Å². The smallest absolute Gasteiger partial charge is 0.251 e. The van der Waals surface area contributed by atoms with Crippen molar-refractivity contribution in [1.29, 1.82) is 0 Å². The average molecular weight is 265 g/mol. The Bertz CT molecular complexity index is 447. The van der Waals surface area contributed by atoms with E-state index in [1.54, 1.807) is 6.07 Å². The summed E-state index contributed by atoms with van der Waals surface area (Å²) in [6.07, 6.45) is 2.63. The van der Waals surface area contributed by atoms with Crippen molar-refractivity contribution in [2.75, 3.05) is 6.54 Å². The first kappa shape index (κ1) is 13.4. The van der Waals surface area contributed by atoms with Gasteiger partial charge in [0, 0.05) is 22.9 Å². The number of rotatable bonds is 3. The van der Waals surface area contributed by atoms with Gasteiger partial charge in [-0.05, 0) is 37.5 Å². The van der Waals surface area contributed by atoms with Crippen LogP contribution in [0.25, 0.3) is 0 Å². The van der Waals surface area contributed by atoms with Crippen LogP contribution in [0.3, 0.4) is 0 Å². The molecule has 0 spiro atoms. The molecule has 98 valence electrons. The largest absolute Gasteiger partial charge is 0.393 e. The van der Waals surface area contributed by atoms with Crippen molar-refractivity contribution in [2.45, 2.75) is 37.2 Å². The molecule has 1 aromatic carbocycles. The van der Waals surface area contributed by atoms with E-state index in [4.69, 9.17) is 0 Å². The first-order chi connectivity index (χ1) is 8.58. The van der Waals surface area contributed by atoms with Crippen molar-refractivity contribution >= 4 is 18.5 Å². The van der Waals surface area contributed by atoms with Gasteiger partial charge < -0.3 is 10.4 Å². The fourth-order valence-electron chi connectivity index (χ4n) is 2.43. The molecule has 0 saturated heterocycles. The number of aliphatic hydroxyl groups is 1. The second-order valence-corrected chi connectivity index (χ2v) is 5.48. The molecule has 3 nitrogen and oxygen atoms in total. The van der Waals surface area contributed by atoms with E-state index in [9.17, 15) is 9.90 Å². The van der Waals surface area contributed by atoms with Gasteiger partial charge in [0.2, 0.25) is 0 Å². The Kier molecular flexibility index (Phi) is 4.30. The van der Waals surface area contributed by atoms with Gasteiger partial charge in [0.05, 0.1) is 6.10 Å². The normalized spacial score (nSPS) is 23.1. The summed E-state index contributed by atoms with van der Waals surface area (Å²) in [7, 11) is 0. The van der Waals surface area contributed by atoms with Gasteiger partial charge in [0.1, 0.15) is 0 Å². The number of hydrogen-bond acceptors (Lipinski definition) is 3. The summed E-state index contributed by atoms with van der Waals surface area (Å²) in [5.74, 6) is 0.121. The molecular formula is C14H19NO2S. The van der Waals surface area contributed by atoms with E-state index in [0.29, 0.717) is 12.1 Å². The van der Waals surface area contributed by atoms with Gasteiger partial charge in [-0.25, -0.2) is 0 Å². The maximum absolute atomic E-state index is 12.1. The zero-order chi connectivity index (χ0) is 13.1. The Morgan fingerprint density at radius 2 is 2.28 bits per heavy atom. The summed E-state index contributed by atoms with van der Waals surface area (Å²) < 4.78 is 0. The van der Waals surface area contributed by atoms with Crippen LogP contribution in [0.2, 0.25) is 0 Å². The standard InChI is InChI=1S/C14H19NO2S/c1-9-5-6-11(18)7-12(9)14(17)15-8-10-3-2-4-13(10)16/h5-7,10,13,16,18H,2-4,8H2,1H3,(H,15,17). The van der Waals surface area contributed by atoms with Crippen molar-refractivity contribution in [3.63, 3.8) is 0 Å². The number of aryl methyl sites for hydroxylation is 1. The van der Waals surface area contributed by atoms with E-state index >= 15 is 0 Å². The summed E-state index contributed by atoms with van der Waals surface area (Å²) in [6.45, 7) is 2.46. The molecule has 4 heteroatoms. The minimum atomic E-state index is -0.261. The number of thiol groups is 1. The van der Waals surface area contributed by atoms with Crippen LogP contribution >= 0.6 is 12.6 Å². The number of amides is 1. The lowest BCUT2D eigenvalue weighted by Crippen LogP contribution is -2.32. The first-order valence-corrected chi connectivity index (χ1v) is 6.78. The van der Waals surface area contributed by atoms with Crippen LogP contribution in [-0.4, -0.2) is 23.7 Å². The molecule has 1 amide bonds. The van der Waals surface area contributed by atoms with Crippen LogP contribution < -0.4 is 5.32 Å². The van der Waals surface area contributed by atoms with Crippen molar-refractivity contribution in [3.8, 4) is 0 Å². The number of carbonyl (C=O) groups is 1. The van der Waals surface area contributed by atoms with Gasteiger partial charge >= 0.3 is 0 Å². The predicted molar refractivity (Wildman–Crippen MR) is 74.1 cm³/mol. The lowest BCUT2D eigenvalue weighted by molar-refractivity contribution is 0.0916. The zero-order valence-electron chi connectivity index (χ0n) is 10.5. The summed E-state index contributed by atoms with van der Waals surface area (Å²) in [5, 5.41) is 12.6. The lowest BCUT2D eigenvalue weighted by Gasteiger charge is -2.15. The van der Waals surface area contributed by atoms with Crippen molar-refractivity contribution in [3.05, 3.63) is 29.3 Å². The lowest BCUT2D eigenvalue weighted by atomic mass is 10.1. The topological polar surface area (TPSA) is 49.3 Å². The number of nitrogens with one attached hydrogen (secondary N) is 1. The van der Waals surface area contributed by atoms with E-state index in [2.05, 4.69) is 17.9 Å². The Morgan fingerprint density at radius 3 is 2.94 bits per heavy atom. The van der Waals surface area contributed by atoms with Crippen LogP contribution in [0.5, 0.6) is 0 Å².